The van der Waals surface area contributed by atoms with E-state index in [0.29, 0.717) is 5.92 Å². The smallest absolute Gasteiger partial charge is 0.326 e. The van der Waals surface area contributed by atoms with Gasteiger partial charge in [0, 0.05) is 25.6 Å². The number of urea groups is 1. The first-order valence-electron chi connectivity index (χ1n) is 15.7. The molecule has 41 heavy (non-hydrogen) atoms. The summed E-state index contributed by atoms with van der Waals surface area (Å²) in [6, 6.07) is -0.665. The molecule has 7 fully saturated rings. The lowest BCUT2D eigenvalue weighted by atomic mass is 10.1. The van der Waals surface area contributed by atoms with Crippen LogP contribution in [0.1, 0.15) is 45.4 Å². The molecule has 222 valence electrons. The molecule has 2 heterocycles. The van der Waals surface area contributed by atoms with Gasteiger partial charge in [-0.1, -0.05) is 37.3 Å². The van der Waals surface area contributed by atoms with Crippen molar-refractivity contribution < 1.29 is 29.3 Å². The molecule has 4 N–H and O–H groups in total. The molecular formula is C32H43N3O6. The van der Waals surface area contributed by atoms with Gasteiger partial charge in [0.1, 0.15) is 18.3 Å². The number of carbonyl (C=O) groups excluding carboxylic acids is 3. The summed E-state index contributed by atoms with van der Waals surface area (Å²) in [7, 11) is 0. The third-order valence-electron chi connectivity index (χ3n) is 10.9. The van der Waals surface area contributed by atoms with Gasteiger partial charge in [-0.05, 0) is 91.3 Å². The van der Waals surface area contributed by atoms with Gasteiger partial charge in [0.05, 0.1) is 0 Å². The zero-order valence-electron chi connectivity index (χ0n) is 23.7. The van der Waals surface area contributed by atoms with Crippen LogP contribution < -0.4 is 10.6 Å². The molecule has 0 bridgehead atoms. The summed E-state index contributed by atoms with van der Waals surface area (Å²) >= 11 is 0. The fourth-order valence-corrected chi connectivity index (χ4v) is 7.83. The van der Waals surface area contributed by atoms with Crippen LogP contribution in [0.15, 0.2) is 36.5 Å². The van der Waals surface area contributed by atoms with Crippen LogP contribution in [0.4, 0.5) is 4.79 Å². The summed E-state index contributed by atoms with van der Waals surface area (Å²) in [6.45, 7) is 2.44. The highest BCUT2D eigenvalue weighted by atomic mass is 16.6. The van der Waals surface area contributed by atoms with Crippen molar-refractivity contribution in [3.05, 3.63) is 36.5 Å². The molecule has 0 spiro atoms. The maximum Gasteiger partial charge on any atom is 0.326 e. The van der Waals surface area contributed by atoms with E-state index >= 15 is 0 Å². The van der Waals surface area contributed by atoms with Gasteiger partial charge in [-0.2, -0.15) is 0 Å². The minimum Gasteiger partial charge on any atom is -0.387 e. The predicted molar refractivity (Wildman–Crippen MR) is 150 cm³/mol. The summed E-state index contributed by atoms with van der Waals surface area (Å²) in [5.41, 5.74) is 0. The maximum atomic E-state index is 12.3. The molecule has 0 aromatic heterocycles. The first-order chi connectivity index (χ1) is 19.8. The lowest BCUT2D eigenvalue weighted by Gasteiger charge is -2.32. The molecule has 4 amide bonds. The maximum absolute atomic E-state index is 12.3. The Morgan fingerprint density at radius 3 is 2.20 bits per heavy atom. The fraction of sp³-hybridized carbons (Fsp3) is 0.719. The van der Waals surface area contributed by atoms with Gasteiger partial charge < -0.3 is 20.3 Å². The SMILES string of the molecule is C[C@@H]1C[C@H]1/C=C/[C@@H]1C[C@H]1[C@H]1C[C@@H]1[C@H]1C[C@@H]1[C@@H]1C[C@H]1/C=C/C=C/C(=O)NC[C@H]1O[C@@H](N2CCC(=O)NC2=O)[C@H](O)[C@@H]1O. The van der Waals surface area contributed by atoms with E-state index in [-0.39, 0.29) is 25.4 Å². The number of aliphatic hydroxyl groups is 2. The van der Waals surface area contributed by atoms with Gasteiger partial charge in [0.15, 0.2) is 6.23 Å². The number of nitrogens with zero attached hydrogens (tertiary/aromatic N) is 1. The summed E-state index contributed by atoms with van der Waals surface area (Å²) in [4.78, 5) is 36.9. The number of carbonyl (C=O) groups is 3. The van der Waals surface area contributed by atoms with E-state index in [1.165, 1.54) is 43.1 Å². The van der Waals surface area contributed by atoms with Crippen molar-refractivity contribution in [2.45, 2.75) is 70.0 Å². The van der Waals surface area contributed by atoms with E-state index in [9.17, 15) is 24.6 Å². The van der Waals surface area contributed by atoms with Gasteiger partial charge in [0.2, 0.25) is 11.8 Å². The summed E-state index contributed by atoms with van der Waals surface area (Å²) in [5, 5.41) is 25.6. The van der Waals surface area contributed by atoms with Gasteiger partial charge in [-0.3, -0.25) is 19.8 Å². The zero-order valence-corrected chi connectivity index (χ0v) is 23.7. The molecule has 2 aliphatic heterocycles. The Balaban J connectivity index is 0.787. The molecule has 0 aromatic rings. The third-order valence-corrected chi connectivity index (χ3v) is 10.9. The van der Waals surface area contributed by atoms with Crippen molar-refractivity contribution in [3.63, 3.8) is 0 Å². The second-order valence-electron chi connectivity index (χ2n) is 13.8. The molecule has 9 heteroatoms. The lowest BCUT2D eigenvalue weighted by molar-refractivity contribution is -0.125. The van der Waals surface area contributed by atoms with Crippen molar-refractivity contribution >= 4 is 17.8 Å². The van der Waals surface area contributed by atoms with Crippen LogP contribution >= 0.6 is 0 Å². The molecule has 0 aromatic carbocycles. The topological polar surface area (TPSA) is 128 Å². The van der Waals surface area contributed by atoms with E-state index in [0.717, 1.165) is 53.3 Å². The van der Waals surface area contributed by atoms with Gasteiger partial charge in [-0.15, -0.1) is 0 Å². The number of imide groups is 1. The number of hydrogen-bond acceptors (Lipinski definition) is 6. The lowest BCUT2D eigenvalue weighted by Crippen LogP contribution is -2.56. The average Bonchev–Trinajstić information content (AvgIpc) is 3.72. The van der Waals surface area contributed by atoms with Gasteiger partial charge in [0.25, 0.3) is 0 Å². The number of amides is 4. The minimum absolute atomic E-state index is 0.0104. The van der Waals surface area contributed by atoms with Crippen LogP contribution in [0.2, 0.25) is 0 Å². The quantitative estimate of drug-likeness (QED) is 0.173. The fourth-order valence-electron chi connectivity index (χ4n) is 7.83. The Bertz CT molecular complexity index is 1170. The minimum atomic E-state index is -1.33. The highest BCUT2D eigenvalue weighted by molar-refractivity contribution is 5.96. The Hall–Kier alpha value is -2.49. The molecule has 7 rings (SSSR count). The first-order valence-corrected chi connectivity index (χ1v) is 15.7. The van der Waals surface area contributed by atoms with Crippen LogP contribution in [0.25, 0.3) is 0 Å². The van der Waals surface area contributed by atoms with Crippen LogP contribution in [0.5, 0.6) is 0 Å². The Morgan fingerprint density at radius 1 is 0.902 bits per heavy atom. The molecule has 7 aliphatic rings. The third kappa shape index (κ3) is 5.90. The standard InChI is InChI=1S/C32H43N3O6/c1-16-10-17(16)6-7-19-12-21(19)23-14-25(23)24-13-22(24)20-11-18(20)4-2-3-5-27(36)33-15-26-29(38)30(39)31(41-26)35-9-8-28(37)34-32(35)40/h2-7,16-26,29-31,38-39H,8-15H2,1H3,(H,33,36)(H,34,37,40)/b4-2+,5-3+,7-6+/t16-,17-,18-,19-,20-,21-,22-,23-,24+,25+,26-,29-,30-,31-/m1/s1. The number of rotatable bonds is 11. The second-order valence-corrected chi connectivity index (χ2v) is 13.8. The molecule has 14 atom stereocenters. The van der Waals surface area contributed by atoms with Crippen LogP contribution in [0, 0.1) is 59.2 Å². The highest BCUT2D eigenvalue weighted by Crippen LogP contribution is 2.70. The molecule has 0 radical (unpaired) electrons. The number of ether oxygens (including phenoxy) is 1. The van der Waals surface area contributed by atoms with E-state index in [4.69, 9.17) is 4.74 Å². The van der Waals surface area contributed by atoms with Crippen molar-refractivity contribution in [1.82, 2.24) is 15.5 Å². The van der Waals surface area contributed by atoms with Crippen LogP contribution in [-0.4, -0.2) is 70.6 Å². The highest BCUT2D eigenvalue weighted by Gasteiger charge is 2.63. The Labute approximate surface area is 241 Å². The molecule has 9 nitrogen and oxygen atoms in total. The van der Waals surface area contributed by atoms with E-state index in [1.807, 2.05) is 6.08 Å². The molecule has 5 saturated carbocycles. The molecule has 5 aliphatic carbocycles. The predicted octanol–water partition coefficient (Wildman–Crippen LogP) is 2.36. The van der Waals surface area contributed by atoms with Crippen molar-refractivity contribution in [2.75, 3.05) is 13.1 Å². The summed E-state index contributed by atoms with van der Waals surface area (Å²) < 4.78 is 5.67. The Morgan fingerprint density at radius 2 is 1.54 bits per heavy atom. The largest absolute Gasteiger partial charge is 0.387 e. The first kappa shape index (κ1) is 27.3. The van der Waals surface area contributed by atoms with Crippen molar-refractivity contribution in [1.29, 1.82) is 0 Å². The zero-order chi connectivity index (χ0) is 28.4. The molecule has 2 saturated heterocycles. The van der Waals surface area contributed by atoms with E-state index in [1.54, 1.807) is 6.08 Å². The summed E-state index contributed by atoms with van der Waals surface area (Å²) in [6.07, 6.45) is 15.0. The van der Waals surface area contributed by atoms with Crippen molar-refractivity contribution in [3.8, 4) is 0 Å². The number of aliphatic hydroxyl groups excluding tert-OH is 2. The molecular weight excluding hydrogens is 522 g/mol. The molecule has 0 unspecified atom stereocenters. The number of allylic oxidation sites excluding steroid dienone is 5. The van der Waals surface area contributed by atoms with Crippen molar-refractivity contribution in [2.24, 2.45) is 59.2 Å². The number of hydrogen-bond donors (Lipinski definition) is 4. The normalized spacial score (nSPS) is 48.2. The van der Waals surface area contributed by atoms with Crippen LogP contribution in [-0.2, 0) is 14.3 Å². The van der Waals surface area contributed by atoms with Gasteiger partial charge in [-0.25, -0.2) is 4.79 Å². The summed E-state index contributed by atoms with van der Waals surface area (Å²) in [5.74, 6) is 8.29. The van der Waals surface area contributed by atoms with E-state index < -0.39 is 36.5 Å². The Kier molecular flexibility index (Phi) is 7.11. The monoisotopic (exact) mass is 565 g/mol. The van der Waals surface area contributed by atoms with E-state index in [2.05, 4.69) is 35.8 Å². The second kappa shape index (κ2) is 10.7. The van der Waals surface area contributed by atoms with Gasteiger partial charge >= 0.3 is 6.03 Å². The number of nitrogens with one attached hydrogen (secondary N) is 2. The average molecular weight is 566 g/mol. The van der Waals surface area contributed by atoms with Crippen LogP contribution in [0.3, 0.4) is 0 Å².